The lowest BCUT2D eigenvalue weighted by Gasteiger charge is -2.22. The minimum Gasteiger partial charge on any atom is -0.484 e. The predicted molar refractivity (Wildman–Crippen MR) is 109 cm³/mol. The zero-order valence-corrected chi connectivity index (χ0v) is 16.7. The molecule has 4 heterocycles. The van der Waals surface area contributed by atoms with Gasteiger partial charge in [-0.3, -0.25) is 4.79 Å². The van der Waals surface area contributed by atoms with E-state index in [1.807, 2.05) is 47.7 Å². The number of carbonyl (C=O) groups excluding carboxylic acids is 1. The van der Waals surface area contributed by atoms with Crippen molar-refractivity contribution in [3.63, 3.8) is 0 Å². The van der Waals surface area contributed by atoms with E-state index in [1.165, 1.54) is 0 Å². The number of aryl methyl sites for hydroxylation is 2. The smallest absolute Gasteiger partial charge is 0.260 e. The van der Waals surface area contributed by atoms with Crippen LogP contribution in [0.3, 0.4) is 0 Å². The standard InChI is InChI=1S/C21H24N6O2/c1-14-5-3-4-6-17(14)29-11-18(28)26-7-15-9-27(10-16(15)8-26)21-19-20(22-12-23-21)25(2)13-24-19/h3-6,12-13,15-16H,7-11H2,1-2H3. The maximum atomic E-state index is 12.6. The number of carbonyl (C=O) groups is 1. The van der Waals surface area contributed by atoms with Gasteiger partial charge in [-0.05, 0) is 18.6 Å². The van der Waals surface area contributed by atoms with Crippen LogP contribution in [0.15, 0.2) is 36.9 Å². The number of imidazole rings is 1. The van der Waals surface area contributed by atoms with Crippen molar-refractivity contribution in [2.75, 3.05) is 37.7 Å². The van der Waals surface area contributed by atoms with Crippen molar-refractivity contribution in [1.82, 2.24) is 24.4 Å². The Bertz CT molecular complexity index is 1050. The Kier molecular flexibility index (Phi) is 4.34. The first-order valence-electron chi connectivity index (χ1n) is 9.93. The second kappa shape index (κ2) is 7.02. The van der Waals surface area contributed by atoms with Crippen molar-refractivity contribution < 1.29 is 9.53 Å². The van der Waals surface area contributed by atoms with Crippen LogP contribution in [0.4, 0.5) is 5.82 Å². The molecule has 3 aromatic rings. The summed E-state index contributed by atoms with van der Waals surface area (Å²) >= 11 is 0. The van der Waals surface area contributed by atoms with E-state index in [9.17, 15) is 4.79 Å². The van der Waals surface area contributed by atoms with Crippen molar-refractivity contribution in [3.05, 3.63) is 42.5 Å². The molecule has 0 bridgehead atoms. The van der Waals surface area contributed by atoms with Gasteiger partial charge in [0.1, 0.15) is 12.1 Å². The van der Waals surface area contributed by atoms with Gasteiger partial charge >= 0.3 is 0 Å². The lowest BCUT2D eigenvalue weighted by Crippen LogP contribution is -2.36. The third-order valence-corrected chi connectivity index (χ3v) is 6.06. The minimum atomic E-state index is 0.0587. The van der Waals surface area contributed by atoms with Crippen LogP contribution in [-0.4, -0.2) is 63.1 Å². The Morgan fingerprint density at radius 2 is 1.86 bits per heavy atom. The van der Waals surface area contributed by atoms with E-state index in [2.05, 4.69) is 19.9 Å². The molecule has 0 radical (unpaired) electrons. The Hall–Kier alpha value is -3.16. The van der Waals surface area contributed by atoms with E-state index in [4.69, 9.17) is 4.74 Å². The van der Waals surface area contributed by atoms with Crippen LogP contribution in [0.5, 0.6) is 5.75 Å². The van der Waals surface area contributed by atoms with Crippen molar-refractivity contribution in [1.29, 1.82) is 0 Å². The molecule has 2 saturated heterocycles. The largest absolute Gasteiger partial charge is 0.484 e. The summed E-state index contributed by atoms with van der Waals surface area (Å²) in [6.07, 6.45) is 3.38. The Balaban J connectivity index is 1.22. The quantitative estimate of drug-likeness (QED) is 0.672. The van der Waals surface area contributed by atoms with Crippen molar-refractivity contribution >= 4 is 22.9 Å². The van der Waals surface area contributed by atoms with Crippen molar-refractivity contribution in [3.8, 4) is 5.75 Å². The Morgan fingerprint density at radius 3 is 2.62 bits per heavy atom. The van der Waals surface area contributed by atoms with E-state index >= 15 is 0 Å². The average molecular weight is 392 g/mol. The number of ether oxygens (including phenoxy) is 1. The summed E-state index contributed by atoms with van der Waals surface area (Å²) in [5.41, 5.74) is 2.73. The molecular weight excluding hydrogens is 368 g/mol. The molecule has 2 aromatic heterocycles. The van der Waals surface area contributed by atoms with Crippen LogP contribution in [0.25, 0.3) is 11.2 Å². The first-order chi connectivity index (χ1) is 14.1. The summed E-state index contributed by atoms with van der Waals surface area (Å²) in [6, 6.07) is 7.78. The average Bonchev–Trinajstić information content (AvgIpc) is 3.40. The first kappa shape index (κ1) is 17.9. The van der Waals surface area contributed by atoms with Crippen molar-refractivity contribution in [2.45, 2.75) is 6.92 Å². The van der Waals surface area contributed by atoms with Crippen LogP contribution in [0, 0.1) is 18.8 Å². The van der Waals surface area contributed by atoms with Crippen LogP contribution in [-0.2, 0) is 11.8 Å². The lowest BCUT2D eigenvalue weighted by atomic mass is 10.0. The molecule has 0 aliphatic carbocycles. The third kappa shape index (κ3) is 3.18. The number of anilines is 1. The summed E-state index contributed by atoms with van der Waals surface area (Å²) in [4.78, 5) is 30.2. The second-order valence-electron chi connectivity index (χ2n) is 8.00. The van der Waals surface area contributed by atoms with E-state index < -0.39 is 0 Å². The van der Waals surface area contributed by atoms with Gasteiger partial charge in [-0.15, -0.1) is 0 Å². The van der Waals surface area contributed by atoms with Crippen molar-refractivity contribution in [2.24, 2.45) is 18.9 Å². The summed E-state index contributed by atoms with van der Waals surface area (Å²) in [5, 5.41) is 0. The van der Waals surface area contributed by atoms with Gasteiger partial charge in [0.2, 0.25) is 0 Å². The van der Waals surface area contributed by atoms with E-state index in [-0.39, 0.29) is 12.5 Å². The van der Waals surface area contributed by atoms with E-state index in [0.717, 1.165) is 54.5 Å². The number of nitrogens with zero attached hydrogens (tertiary/aromatic N) is 6. The van der Waals surface area contributed by atoms with Crippen LogP contribution < -0.4 is 9.64 Å². The molecule has 1 amide bonds. The molecule has 8 nitrogen and oxygen atoms in total. The first-order valence-corrected chi connectivity index (χ1v) is 9.93. The summed E-state index contributed by atoms with van der Waals surface area (Å²) < 4.78 is 7.65. The number of para-hydroxylation sites is 1. The monoisotopic (exact) mass is 392 g/mol. The molecule has 2 atom stereocenters. The Morgan fingerprint density at radius 1 is 1.10 bits per heavy atom. The fourth-order valence-corrected chi connectivity index (χ4v) is 4.48. The fourth-order valence-electron chi connectivity index (χ4n) is 4.48. The van der Waals surface area contributed by atoms with Gasteiger partial charge in [0.15, 0.2) is 23.6 Å². The number of hydrogen-bond acceptors (Lipinski definition) is 6. The van der Waals surface area contributed by atoms with Gasteiger partial charge < -0.3 is 19.1 Å². The third-order valence-electron chi connectivity index (χ3n) is 6.06. The summed E-state index contributed by atoms with van der Waals surface area (Å²) in [7, 11) is 1.94. The molecule has 0 spiro atoms. The molecule has 5 rings (SSSR count). The Labute approximate surface area is 169 Å². The molecule has 8 heteroatoms. The van der Waals surface area contributed by atoms with Gasteiger partial charge in [-0.25, -0.2) is 15.0 Å². The van der Waals surface area contributed by atoms with Gasteiger partial charge in [0.25, 0.3) is 5.91 Å². The maximum Gasteiger partial charge on any atom is 0.260 e. The molecule has 1 aromatic carbocycles. The fraction of sp³-hybridized carbons (Fsp3) is 0.429. The second-order valence-corrected chi connectivity index (χ2v) is 8.00. The molecule has 150 valence electrons. The molecule has 0 N–H and O–H groups in total. The molecule has 2 aliphatic heterocycles. The molecule has 29 heavy (non-hydrogen) atoms. The molecular formula is C21H24N6O2. The topological polar surface area (TPSA) is 76.4 Å². The normalized spacial score (nSPS) is 21.0. The van der Waals surface area contributed by atoms with E-state index in [0.29, 0.717) is 11.8 Å². The summed E-state index contributed by atoms with van der Waals surface area (Å²) in [6.45, 7) is 5.39. The number of hydrogen-bond donors (Lipinski definition) is 0. The lowest BCUT2D eigenvalue weighted by molar-refractivity contribution is -0.132. The highest BCUT2D eigenvalue weighted by molar-refractivity contribution is 5.83. The highest BCUT2D eigenvalue weighted by atomic mass is 16.5. The van der Waals surface area contributed by atoms with Gasteiger partial charge in [-0.2, -0.15) is 0 Å². The SMILES string of the molecule is Cc1ccccc1OCC(=O)N1CC2CN(c3ncnc4c3ncn4C)CC2C1. The zero-order valence-electron chi connectivity index (χ0n) is 16.7. The van der Waals surface area contributed by atoms with Crippen LogP contribution >= 0.6 is 0 Å². The number of likely N-dealkylation sites (tertiary alicyclic amines) is 1. The summed E-state index contributed by atoms with van der Waals surface area (Å²) in [5.74, 6) is 2.63. The maximum absolute atomic E-state index is 12.6. The van der Waals surface area contributed by atoms with E-state index in [1.54, 1.807) is 12.7 Å². The van der Waals surface area contributed by atoms with Crippen LogP contribution in [0.1, 0.15) is 5.56 Å². The van der Waals surface area contributed by atoms with Gasteiger partial charge in [0.05, 0.1) is 6.33 Å². The highest BCUT2D eigenvalue weighted by Gasteiger charge is 2.42. The molecule has 0 saturated carbocycles. The van der Waals surface area contributed by atoms with Gasteiger partial charge in [-0.1, -0.05) is 18.2 Å². The number of fused-ring (bicyclic) bond motifs is 2. The number of amides is 1. The van der Waals surface area contributed by atoms with Crippen LogP contribution in [0.2, 0.25) is 0 Å². The molecule has 2 unspecified atom stereocenters. The predicted octanol–water partition coefficient (Wildman–Crippen LogP) is 1.65. The number of rotatable bonds is 4. The van der Waals surface area contributed by atoms with Gasteiger partial charge in [0, 0.05) is 45.1 Å². The molecule has 2 aliphatic rings. The molecule has 2 fully saturated rings. The number of aromatic nitrogens is 4. The zero-order chi connectivity index (χ0) is 20.0. The minimum absolute atomic E-state index is 0.0587. The highest BCUT2D eigenvalue weighted by Crippen LogP contribution is 2.35. The number of benzene rings is 1.